The number of ether oxygens (including phenoxy) is 1. The molecule has 1 atom stereocenters. The lowest BCUT2D eigenvalue weighted by atomic mass is 9.98. The largest absolute Gasteiger partial charge is 0.481 e. The lowest BCUT2D eigenvalue weighted by Crippen LogP contribution is -2.34. The van der Waals surface area contributed by atoms with Crippen LogP contribution in [0.15, 0.2) is 53.9 Å². The van der Waals surface area contributed by atoms with Crippen molar-refractivity contribution in [3.05, 3.63) is 75.7 Å². The fourth-order valence-electron chi connectivity index (χ4n) is 4.21. The average Bonchev–Trinajstić information content (AvgIpc) is 3.42. The number of aliphatic carboxylic acids is 1. The molecule has 1 aliphatic carbocycles. The predicted molar refractivity (Wildman–Crippen MR) is 132 cm³/mol. The van der Waals surface area contributed by atoms with Crippen LogP contribution in [0.5, 0.6) is 0 Å². The summed E-state index contributed by atoms with van der Waals surface area (Å²) in [5.41, 5.74) is 5.26. The Hall–Kier alpha value is -3.72. The van der Waals surface area contributed by atoms with E-state index in [0.717, 1.165) is 11.1 Å². The van der Waals surface area contributed by atoms with E-state index in [0.29, 0.717) is 17.1 Å². The Morgan fingerprint density at radius 3 is 2.40 bits per heavy atom. The molecule has 0 saturated heterocycles. The van der Waals surface area contributed by atoms with Crippen LogP contribution in [0.25, 0.3) is 11.1 Å². The number of carbonyl (C=O) groups is 3. The molecule has 3 aromatic rings. The number of aromatic nitrogens is 1. The number of carbonyl (C=O) groups excluding carboxylic acids is 2. The van der Waals surface area contributed by atoms with E-state index < -0.39 is 12.1 Å². The Bertz CT molecular complexity index is 1180. The number of fused-ring (bicyclic) bond motifs is 3. The van der Waals surface area contributed by atoms with Crippen molar-refractivity contribution in [2.75, 3.05) is 6.61 Å². The molecule has 1 aliphatic rings. The van der Waals surface area contributed by atoms with Crippen molar-refractivity contribution in [1.82, 2.24) is 15.6 Å². The Labute approximate surface area is 207 Å². The maximum atomic E-state index is 12.3. The Morgan fingerprint density at radius 2 is 1.74 bits per heavy atom. The molecule has 9 heteroatoms. The highest BCUT2D eigenvalue weighted by Crippen LogP contribution is 2.44. The monoisotopic (exact) mass is 493 g/mol. The van der Waals surface area contributed by atoms with Crippen LogP contribution in [-0.4, -0.2) is 40.7 Å². The van der Waals surface area contributed by atoms with E-state index in [1.165, 1.54) is 22.5 Å². The van der Waals surface area contributed by atoms with Gasteiger partial charge in [0.2, 0.25) is 5.91 Å². The van der Waals surface area contributed by atoms with Crippen LogP contribution in [-0.2, 0) is 27.3 Å². The van der Waals surface area contributed by atoms with Gasteiger partial charge in [-0.1, -0.05) is 48.5 Å². The quantitative estimate of drug-likeness (QED) is 0.392. The van der Waals surface area contributed by atoms with Crippen LogP contribution < -0.4 is 10.6 Å². The summed E-state index contributed by atoms with van der Waals surface area (Å²) < 4.78 is 5.54. The third kappa shape index (κ3) is 6.24. The maximum absolute atomic E-state index is 12.3. The standard InChI is InChI=1S/C26H27N3O5S/c1-16(10-11-25(31)32)28-23(30)12-17-15-35-24(29-17)13-27-26(33)34-14-22-20-8-4-2-6-18(20)19-7-3-5-9-21(19)22/h2-9,15-16,22H,10-14H2,1H3,(H,27,33)(H,28,30)(H,31,32). The Kier molecular flexibility index (Phi) is 7.77. The first-order valence-corrected chi connectivity index (χ1v) is 12.3. The summed E-state index contributed by atoms with van der Waals surface area (Å²) in [7, 11) is 0. The van der Waals surface area contributed by atoms with Crippen molar-refractivity contribution in [1.29, 1.82) is 0 Å². The molecule has 2 amide bonds. The molecule has 1 unspecified atom stereocenters. The number of thiazole rings is 1. The summed E-state index contributed by atoms with van der Waals surface area (Å²) in [6, 6.07) is 16.1. The molecule has 2 aromatic carbocycles. The van der Waals surface area contributed by atoms with E-state index in [2.05, 4.69) is 39.9 Å². The number of alkyl carbamates (subject to hydrolysis) is 1. The number of nitrogens with one attached hydrogen (secondary N) is 2. The molecule has 8 nitrogen and oxygen atoms in total. The summed E-state index contributed by atoms with van der Waals surface area (Å²) in [5, 5.41) is 16.7. The van der Waals surface area contributed by atoms with Gasteiger partial charge in [-0.15, -0.1) is 11.3 Å². The number of carboxylic acids is 1. The molecule has 0 spiro atoms. The topological polar surface area (TPSA) is 118 Å². The molecular formula is C26H27N3O5S. The zero-order chi connectivity index (χ0) is 24.8. The molecule has 3 N–H and O–H groups in total. The fraction of sp³-hybridized carbons (Fsp3) is 0.308. The smallest absolute Gasteiger partial charge is 0.407 e. The number of rotatable bonds is 10. The maximum Gasteiger partial charge on any atom is 0.407 e. The molecule has 4 rings (SSSR count). The number of hydrogen-bond acceptors (Lipinski definition) is 6. The first-order chi connectivity index (χ1) is 16.9. The molecule has 182 valence electrons. The SMILES string of the molecule is CC(CCC(=O)O)NC(=O)Cc1csc(CNC(=O)OCC2c3ccccc3-c3ccccc32)n1. The van der Waals surface area contributed by atoms with Gasteiger partial charge in [0.05, 0.1) is 18.7 Å². The molecule has 1 aromatic heterocycles. The van der Waals surface area contributed by atoms with E-state index >= 15 is 0 Å². The van der Waals surface area contributed by atoms with Gasteiger partial charge >= 0.3 is 12.1 Å². The number of carboxylic acid groups (broad SMARTS) is 1. The minimum Gasteiger partial charge on any atom is -0.481 e. The second-order valence-corrected chi connectivity index (χ2v) is 9.43. The van der Waals surface area contributed by atoms with E-state index in [9.17, 15) is 14.4 Å². The van der Waals surface area contributed by atoms with Crippen LogP contribution in [0.1, 0.15) is 47.5 Å². The van der Waals surface area contributed by atoms with Crippen molar-refractivity contribution < 1.29 is 24.2 Å². The van der Waals surface area contributed by atoms with Crippen LogP contribution in [0.3, 0.4) is 0 Å². The van der Waals surface area contributed by atoms with Crippen molar-refractivity contribution in [2.45, 2.75) is 44.7 Å². The van der Waals surface area contributed by atoms with Crippen LogP contribution in [0, 0.1) is 0 Å². The zero-order valence-electron chi connectivity index (χ0n) is 19.3. The second-order valence-electron chi connectivity index (χ2n) is 8.49. The summed E-state index contributed by atoms with van der Waals surface area (Å²) in [6.45, 7) is 2.22. The number of amides is 2. The molecule has 1 heterocycles. The third-order valence-electron chi connectivity index (χ3n) is 5.87. The van der Waals surface area contributed by atoms with E-state index in [-0.39, 0.29) is 43.9 Å². The first kappa shape index (κ1) is 24.4. The predicted octanol–water partition coefficient (Wildman–Crippen LogP) is 4.09. The Morgan fingerprint density at radius 1 is 1.09 bits per heavy atom. The van der Waals surface area contributed by atoms with Gasteiger partial charge in [-0.05, 0) is 35.6 Å². The van der Waals surface area contributed by atoms with Gasteiger partial charge in [0.1, 0.15) is 11.6 Å². The molecule has 35 heavy (non-hydrogen) atoms. The molecular weight excluding hydrogens is 466 g/mol. The van der Waals surface area contributed by atoms with Crippen molar-refractivity contribution in [3.63, 3.8) is 0 Å². The van der Waals surface area contributed by atoms with Crippen LogP contribution >= 0.6 is 11.3 Å². The number of nitrogens with zero attached hydrogens (tertiary/aromatic N) is 1. The normalized spacial score (nSPS) is 12.9. The van der Waals surface area contributed by atoms with Gasteiger partial charge in [0.25, 0.3) is 0 Å². The number of benzene rings is 2. The lowest BCUT2D eigenvalue weighted by Gasteiger charge is -2.14. The van der Waals surface area contributed by atoms with Gasteiger partial charge in [0, 0.05) is 23.8 Å². The Balaban J connectivity index is 1.24. The van der Waals surface area contributed by atoms with Crippen molar-refractivity contribution in [2.24, 2.45) is 0 Å². The summed E-state index contributed by atoms with van der Waals surface area (Å²) in [5.74, 6) is -1.11. The summed E-state index contributed by atoms with van der Waals surface area (Å²) in [4.78, 5) is 39.5. The lowest BCUT2D eigenvalue weighted by molar-refractivity contribution is -0.137. The van der Waals surface area contributed by atoms with E-state index in [1.807, 2.05) is 24.3 Å². The molecule has 0 saturated carbocycles. The highest BCUT2D eigenvalue weighted by molar-refractivity contribution is 7.09. The zero-order valence-corrected chi connectivity index (χ0v) is 20.1. The minimum absolute atomic E-state index is 0.00369. The van der Waals surface area contributed by atoms with Gasteiger partial charge in [-0.25, -0.2) is 9.78 Å². The number of hydrogen-bond donors (Lipinski definition) is 3. The minimum atomic E-state index is -0.890. The van der Waals surface area contributed by atoms with Crippen LogP contribution in [0.4, 0.5) is 4.79 Å². The second kappa shape index (κ2) is 11.1. The van der Waals surface area contributed by atoms with Crippen molar-refractivity contribution >= 4 is 29.3 Å². The molecule has 0 bridgehead atoms. The molecule has 0 aliphatic heterocycles. The fourth-order valence-corrected chi connectivity index (χ4v) is 4.94. The summed E-state index contributed by atoms with van der Waals surface area (Å²) in [6.07, 6.45) is -0.0514. The van der Waals surface area contributed by atoms with Crippen LogP contribution in [0.2, 0.25) is 0 Å². The van der Waals surface area contributed by atoms with Gasteiger partial charge < -0.3 is 20.5 Å². The van der Waals surface area contributed by atoms with Crippen molar-refractivity contribution in [3.8, 4) is 11.1 Å². The van der Waals surface area contributed by atoms with Gasteiger partial charge in [-0.3, -0.25) is 9.59 Å². The van der Waals surface area contributed by atoms with E-state index in [4.69, 9.17) is 9.84 Å². The van der Waals surface area contributed by atoms with E-state index in [1.54, 1.807) is 12.3 Å². The van der Waals surface area contributed by atoms with Gasteiger partial charge in [0.15, 0.2) is 0 Å². The molecule has 0 radical (unpaired) electrons. The third-order valence-corrected chi connectivity index (χ3v) is 6.76. The average molecular weight is 494 g/mol. The highest BCUT2D eigenvalue weighted by Gasteiger charge is 2.29. The van der Waals surface area contributed by atoms with Gasteiger partial charge in [-0.2, -0.15) is 0 Å². The summed E-state index contributed by atoms with van der Waals surface area (Å²) >= 11 is 1.35. The highest BCUT2D eigenvalue weighted by atomic mass is 32.1. The molecule has 0 fully saturated rings. The first-order valence-electron chi connectivity index (χ1n) is 11.4.